The van der Waals surface area contributed by atoms with Crippen molar-refractivity contribution in [3.63, 3.8) is 0 Å². The number of benzene rings is 1. The number of carbonyl (C=O) groups is 2. The second-order valence-corrected chi connectivity index (χ2v) is 7.33. The van der Waals surface area contributed by atoms with Gasteiger partial charge in [-0.2, -0.15) is 0 Å². The first-order chi connectivity index (χ1) is 12.0. The van der Waals surface area contributed by atoms with E-state index in [1.165, 1.54) is 22.6 Å². The van der Waals surface area contributed by atoms with Gasteiger partial charge in [0.05, 0.1) is 4.88 Å². The Balaban J connectivity index is 1.54. The fourth-order valence-corrected chi connectivity index (χ4v) is 3.66. The van der Waals surface area contributed by atoms with Crippen LogP contribution in [0.4, 0.5) is 5.69 Å². The van der Waals surface area contributed by atoms with Gasteiger partial charge >= 0.3 is 0 Å². The predicted octanol–water partition coefficient (Wildman–Crippen LogP) is 2.57. The molecule has 0 bridgehead atoms. The highest BCUT2D eigenvalue weighted by Gasteiger charge is 2.18. The molecule has 2 amide bonds. The molecule has 1 aromatic carbocycles. The zero-order chi connectivity index (χ0) is 17.8. The van der Waals surface area contributed by atoms with Crippen molar-refractivity contribution in [1.82, 2.24) is 10.6 Å². The van der Waals surface area contributed by atoms with Crippen molar-refractivity contribution in [2.24, 2.45) is 0 Å². The van der Waals surface area contributed by atoms with Crippen molar-refractivity contribution >= 4 is 28.8 Å². The van der Waals surface area contributed by atoms with E-state index in [2.05, 4.69) is 40.8 Å². The van der Waals surface area contributed by atoms with Crippen molar-refractivity contribution in [2.75, 3.05) is 18.5 Å². The van der Waals surface area contributed by atoms with Gasteiger partial charge in [-0.25, -0.2) is 0 Å². The van der Waals surface area contributed by atoms with E-state index < -0.39 is 6.04 Å². The fraction of sp³-hybridized carbons (Fsp3) is 0.368. The summed E-state index contributed by atoms with van der Waals surface area (Å²) in [4.78, 5) is 27.1. The summed E-state index contributed by atoms with van der Waals surface area (Å²) >= 11 is 1.36. The standard InChI is InChI=1S/C19H23N3O2S/c1-13(21-19(24)17-6-4-10-25-17)18(23)20-12-14-7-8-16-15(11-14)5-3-9-22(16)2/h4,6-8,10-11,13H,3,5,9,12H2,1-2H3,(H,20,23)(H,21,24)/t13-/m1/s1. The first-order valence-electron chi connectivity index (χ1n) is 8.49. The molecule has 0 saturated carbocycles. The third-order valence-corrected chi connectivity index (χ3v) is 5.32. The molecule has 5 nitrogen and oxygen atoms in total. The number of carbonyl (C=O) groups excluding carboxylic acids is 2. The summed E-state index contributed by atoms with van der Waals surface area (Å²) < 4.78 is 0. The predicted molar refractivity (Wildman–Crippen MR) is 101 cm³/mol. The van der Waals surface area contributed by atoms with Gasteiger partial charge in [-0.15, -0.1) is 11.3 Å². The highest BCUT2D eigenvalue weighted by atomic mass is 32.1. The lowest BCUT2D eigenvalue weighted by Gasteiger charge is -2.27. The molecule has 2 heterocycles. The lowest BCUT2D eigenvalue weighted by atomic mass is 9.99. The Morgan fingerprint density at radius 1 is 1.32 bits per heavy atom. The summed E-state index contributed by atoms with van der Waals surface area (Å²) in [5.74, 6) is -0.394. The molecule has 3 rings (SSSR count). The second kappa shape index (κ2) is 7.70. The molecule has 0 aliphatic carbocycles. The smallest absolute Gasteiger partial charge is 0.261 e. The molecule has 1 aliphatic heterocycles. The minimum absolute atomic E-state index is 0.181. The van der Waals surface area contributed by atoms with Crippen LogP contribution >= 0.6 is 11.3 Å². The van der Waals surface area contributed by atoms with Gasteiger partial charge in [0.1, 0.15) is 6.04 Å². The minimum atomic E-state index is -0.571. The molecule has 0 unspecified atom stereocenters. The van der Waals surface area contributed by atoms with Crippen LogP contribution in [0.3, 0.4) is 0 Å². The maximum Gasteiger partial charge on any atom is 0.261 e. The van der Waals surface area contributed by atoms with Crippen molar-refractivity contribution in [1.29, 1.82) is 0 Å². The number of hydrogen-bond donors (Lipinski definition) is 2. The van der Waals surface area contributed by atoms with Gasteiger partial charge in [0.15, 0.2) is 0 Å². The lowest BCUT2D eigenvalue weighted by Crippen LogP contribution is -2.44. The third kappa shape index (κ3) is 4.20. The molecular weight excluding hydrogens is 334 g/mol. The number of nitrogens with zero attached hydrogens (tertiary/aromatic N) is 1. The van der Waals surface area contributed by atoms with Crippen LogP contribution in [0.1, 0.15) is 34.1 Å². The highest BCUT2D eigenvalue weighted by molar-refractivity contribution is 7.12. The molecule has 0 radical (unpaired) electrons. The second-order valence-electron chi connectivity index (χ2n) is 6.38. The molecule has 6 heteroatoms. The van der Waals surface area contributed by atoms with Gasteiger partial charge < -0.3 is 15.5 Å². The quantitative estimate of drug-likeness (QED) is 0.865. The summed E-state index contributed by atoms with van der Waals surface area (Å²) in [6.07, 6.45) is 2.24. The number of amides is 2. The SMILES string of the molecule is C[C@@H](NC(=O)c1cccs1)C(=O)NCc1ccc2c(c1)CCCN2C. The lowest BCUT2D eigenvalue weighted by molar-refractivity contribution is -0.122. The van der Waals surface area contributed by atoms with Crippen LogP contribution in [-0.2, 0) is 17.8 Å². The Bertz CT molecular complexity index is 758. The first-order valence-corrected chi connectivity index (χ1v) is 9.37. The van der Waals surface area contributed by atoms with Gasteiger partial charge in [0.2, 0.25) is 5.91 Å². The van der Waals surface area contributed by atoms with Crippen LogP contribution in [0.2, 0.25) is 0 Å². The molecule has 0 spiro atoms. The summed E-state index contributed by atoms with van der Waals surface area (Å²) in [5.41, 5.74) is 3.69. The molecule has 0 saturated heterocycles. The molecule has 0 fully saturated rings. The van der Waals surface area contributed by atoms with Crippen LogP contribution in [0, 0.1) is 0 Å². The molecule has 25 heavy (non-hydrogen) atoms. The third-order valence-electron chi connectivity index (χ3n) is 4.45. The molecule has 2 N–H and O–H groups in total. The van der Waals surface area contributed by atoms with Crippen LogP contribution < -0.4 is 15.5 Å². The Labute approximate surface area is 152 Å². The van der Waals surface area contributed by atoms with E-state index in [1.54, 1.807) is 13.0 Å². The minimum Gasteiger partial charge on any atom is -0.374 e. The number of aryl methyl sites for hydroxylation is 1. The summed E-state index contributed by atoms with van der Waals surface area (Å²) in [7, 11) is 2.11. The highest BCUT2D eigenvalue weighted by Crippen LogP contribution is 2.26. The molecular formula is C19H23N3O2S. The molecule has 1 aromatic heterocycles. The summed E-state index contributed by atoms with van der Waals surface area (Å²) in [5, 5.41) is 7.47. The van der Waals surface area contributed by atoms with Crippen LogP contribution in [-0.4, -0.2) is 31.4 Å². The van der Waals surface area contributed by atoms with E-state index in [-0.39, 0.29) is 11.8 Å². The van der Waals surface area contributed by atoms with Crippen LogP contribution in [0.5, 0.6) is 0 Å². The molecule has 1 aliphatic rings. The van der Waals surface area contributed by atoms with E-state index in [0.717, 1.165) is 24.9 Å². The summed E-state index contributed by atoms with van der Waals surface area (Å²) in [6.45, 7) is 3.25. The normalized spacial score (nSPS) is 14.6. The number of fused-ring (bicyclic) bond motifs is 1. The van der Waals surface area contributed by atoms with E-state index in [9.17, 15) is 9.59 Å². The average Bonchev–Trinajstić information content (AvgIpc) is 3.14. The van der Waals surface area contributed by atoms with Gasteiger partial charge in [-0.1, -0.05) is 18.2 Å². The monoisotopic (exact) mass is 357 g/mol. The van der Waals surface area contributed by atoms with Crippen LogP contribution in [0.15, 0.2) is 35.7 Å². The van der Waals surface area contributed by atoms with Crippen molar-refractivity contribution in [3.8, 4) is 0 Å². The van der Waals surface area contributed by atoms with E-state index >= 15 is 0 Å². The van der Waals surface area contributed by atoms with Gasteiger partial charge in [-0.3, -0.25) is 9.59 Å². The van der Waals surface area contributed by atoms with Crippen molar-refractivity contribution in [2.45, 2.75) is 32.4 Å². The topological polar surface area (TPSA) is 61.4 Å². The summed E-state index contributed by atoms with van der Waals surface area (Å²) in [6, 6.07) is 9.33. The van der Waals surface area contributed by atoms with Crippen molar-refractivity contribution in [3.05, 3.63) is 51.7 Å². The number of anilines is 1. The number of rotatable bonds is 5. The van der Waals surface area contributed by atoms with E-state index in [1.807, 2.05) is 11.4 Å². The van der Waals surface area contributed by atoms with Gasteiger partial charge in [0, 0.05) is 25.8 Å². The average molecular weight is 357 g/mol. The van der Waals surface area contributed by atoms with Crippen LogP contribution in [0.25, 0.3) is 0 Å². The maximum absolute atomic E-state index is 12.2. The zero-order valence-electron chi connectivity index (χ0n) is 14.5. The Morgan fingerprint density at radius 3 is 2.92 bits per heavy atom. The number of nitrogens with one attached hydrogen (secondary N) is 2. The Morgan fingerprint density at radius 2 is 2.16 bits per heavy atom. The van der Waals surface area contributed by atoms with Gasteiger partial charge in [-0.05, 0) is 48.4 Å². The maximum atomic E-state index is 12.2. The fourth-order valence-electron chi connectivity index (χ4n) is 3.03. The van der Waals surface area contributed by atoms with E-state index in [4.69, 9.17) is 0 Å². The Hall–Kier alpha value is -2.34. The molecule has 1 atom stereocenters. The number of thiophene rings is 1. The molecule has 132 valence electrons. The first kappa shape index (κ1) is 17.5. The zero-order valence-corrected chi connectivity index (χ0v) is 15.4. The van der Waals surface area contributed by atoms with Gasteiger partial charge in [0.25, 0.3) is 5.91 Å². The number of hydrogen-bond acceptors (Lipinski definition) is 4. The van der Waals surface area contributed by atoms with E-state index in [0.29, 0.717) is 11.4 Å². The van der Waals surface area contributed by atoms with Crippen molar-refractivity contribution < 1.29 is 9.59 Å². The Kier molecular flexibility index (Phi) is 5.38. The molecule has 2 aromatic rings. The largest absolute Gasteiger partial charge is 0.374 e.